The monoisotopic (exact) mass is 294 g/mol. The number of benzene rings is 1. The van der Waals surface area contributed by atoms with Crippen molar-refractivity contribution in [2.24, 2.45) is 5.73 Å². The molecule has 0 aromatic heterocycles. The minimum atomic E-state index is 0.342. The van der Waals surface area contributed by atoms with Gasteiger partial charge in [0.2, 0.25) is 0 Å². The molecule has 4 heteroatoms. The molecule has 0 bridgehead atoms. The Morgan fingerprint density at radius 1 is 1.25 bits per heavy atom. The topological polar surface area (TPSA) is 38.5 Å². The molecule has 3 nitrogen and oxygen atoms in total. The van der Waals surface area contributed by atoms with Crippen molar-refractivity contribution in [3.63, 3.8) is 0 Å². The lowest BCUT2D eigenvalue weighted by atomic mass is 10.0. The average Bonchev–Trinajstić information content (AvgIpc) is 2.76. The second kappa shape index (κ2) is 8.55. The molecule has 2 N–H and O–H groups in total. The maximum absolute atomic E-state index is 6.03. The van der Waals surface area contributed by atoms with Crippen LogP contribution in [0.25, 0.3) is 0 Å². The van der Waals surface area contributed by atoms with E-state index in [1.165, 1.54) is 23.5 Å². The lowest BCUT2D eigenvalue weighted by Gasteiger charge is -2.29. The van der Waals surface area contributed by atoms with Crippen LogP contribution in [0.2, 0.25) is 0 Å². The predicted molar refractivity (Wildman–Crippen MR) is 87.5 cm³/mol. The minimum Gasteiger partial charge on any atom is -0.494 e. The number of nitrogens with zero attached hydrogens (tertiary/aromatic N) is 1. The fraction of sp³-hybridized carbons (Fsp3) is 0.625. The molecule has 1 aromatic carbocycles. The average molecular weight is 294 g/mol. The van der Waals surface area contributed by atoms with Gasteiger partial charge in [0.1, 0.15) is 5.75 Å². The van der Waals surface area contributed by atoms with E-state index in [0.717, 1.165) is 31.9 Å². The second-order valence-electron chi connectivity index (χ2n) is 5.17. The lowest BCUT2D eigenvalue weighted by Crippen LogP contribution is -2.35. The first kappa shape index (κ1) is 15.7. The minimum absolute atomic E-state index is 0.342. The first-order chi connectivity index (χ1) is 9.85. The summed E-state index contributed by atoms with van der Waals surface area (Å²) in [5, 5.41) is 0. The van der Waals surface area contributed by atoms with Gasteiger partial charge in [0.05, 0.1) is 6.61 Å². The molecule has 1 saturated heterocycles. The van der Waals surface area contributed by atoms with Crippen LogP contribution in [0.1, 0.15) is 31.4 Å². The highest BCUT2D eigenvalue weighted by atomic mass is 32.2. The van der Waals surface area contributed by atoms with Crippen LogP contribution in [0.15, 0.2) is 24.3 Å². The molecule has 1 aliphatic heterocycles. The van der Waals surface area contributed by atoms with Gasteiger partial charge >= 0.3 is 0 Å². The summed E-state index contributed by atoms with van der Waals surface area (Å²) in [6.07, 6.45) is 2.30. The Kier molecular flexibility index (Phi) is 6.70. The molecule has 1 aliphatic rings. The van der Waals surface area contributed by atoms with Crippen molar-refractivity contribution in [3.8, 4) is 5.75 Å². The summed E-state index contributed by atoms with van der Waals surface area (Å²) in [6, 6.07) is 8.82. The van der Waals surface area contributed by atoms with Gasteiger partial charge in [-0.2, -0.15) is 11.8 Å². The van der Waals surface area contributed by atoms with Crippen LogP contribution in [0.3, 0.4) is 0 Å². The van der Waals surface area contributed by atoms with E-state index < -0.39 is 0 Å². The molecule has 1 fully saturated rings. The fourth-order valence-corrected chi connectivity index (χ4v) is 3.48. The quantitative estimate of drug-likeness (QED) is 0.875. The second-order valence-corrected chi connectivity index (χ2v) is 6.40. The van der Waals surface area contributed by atoms with Gasteiger partial charge in [-0.05, 0) is 42.8 Å². The molecular weight excluding hydrogens is 268 g/mol. The van der Waals surface area contributed by atoms with E-state index in [9.17, 15) is 0 Å². The first-order valence-corrected chi connectivity index (χ1v) is 8.75. The summed E-state index contributed by atoms with van der Waals surface area (Å²) in [5.41, 5.74) is 7.33. The van der Waals surface area contributed by atoms with E-state index in [-0.39, 0.29) is 0 Å². The Hall–Kier alpha value is -0.710. The van der Waals surface area contributed by atoms with Gasteiger partial charge in [0.25, 0.3) is 0 Å². The van der Waals surface area contributed by atoms with Crippen molar-refractivity contribution < 1.29 is 4.74 Å². The van der Waals surface area contributed by atoms with Gasteiger partial charge in [-0.1, -0.05) is 19.1 Å². The molecule has 0 radical (unpaired) electrons. The molecule has 1 aromatic rings. The maximum atomic E-state index is 6.03. The fourth-order valence-electron chi connectivity index (χ4n) is 2.58. The summed E-state index contributed by atoms with van der Waals surface area (Å²) >= 11 is 2.05. The molecule has 2 rings (SSSR count). The van der Waals surface area contributed by atoms with Gasteiger partial charge in [-0.15, -0.1) is 0 Å². The molecular formula is C16H26N2OS. The summed E-state index contributed by atoms with van der Waals surface area (Å²) in [5.74, 6) is 3.45. The van der Waals surface area contributed by atoms with E-state index >= 15 is 0 Å². The summed E-state index contributed by atoms with van der Waals surface area (Å²) in [7, 11) is 0. The van der Waals surface area contributed by atoms with Crippen molar-refractivity contribution >= 4 is 11.8 Å². The zero-order valence-electron chi connectivity index (χ0n) is 12.4. The van der Waals surface area contributed by atoms with E-state index in [2.05, 4.69) is 47.9 Å². The Labute approximate surface area is 126 Å². The van der Waals surface area contributed by atoms with Crippen molar-refractivity contribution in [2.45, 2.75) is 25.8 Å². The van der Waals surface area contributed by atoms with Gasteiger partial charge < -0.3 is 10.5 Å². The number of rotatable bonds is 6. The first-order valence-electron chi connectivity index (χ1n) is 7.59. The van der Waals surface area contributed by atoms with Crippen LogP contribution in [-0.4, -0.2) is 42.6 Å². The van der Waals surface area contributed by atoms with Gasteiger partial charge in [0.15, 0.2) is 0 Å². The predicted octanol–water partition coefficient (Wildman–Crippen LogP) is 2.91. The molecule has 1 heterocycles. The third-order valence-corrected chi connectivity index (χ3v) is 4.71. The number of hydrogen-bond acceptors (Lipinski definition) is 4. The van der Waals surface area contributed by atoms with Crippen molar-refractivity contribution in [2.75, 3.05) is 37.7 Å². The van der Waals surface area contributed by atoms with Crippen molar-refractivity contribution in [1.29, 1.82) is 0 Å². The van der Waals surface area contributed by atoms with Gasteiger partial charge in [0, 0.05) is 24.9 Å². The largest absolute Gasteiger partial charge is 0.494 e. The maximum Gasteiger partial charge on any atom is 0.119 e. The molecule has 1 atom stereocenters. The Morgan fingerprint density at radius 2 is 2.05 bits per heavy atom. The number of thioether (sulfide) groups is 1. The van der Waals surface area contributed by atoms with E-state index in [0.29, 0.717) is 12.6 Å². The number of ether oxygens (including phenoxy) is 1. The van der Waals surface area contributed by atoms with Crippen molar-refractivity contribution in [3.05, 3.63) is 29.8 Å². The molecule has 1 unspecified atom stereocenters. The summed E-state index contributed by atoms with van der Waals surface area (Å²) in [6.45, 7) is 5.88. The van der Waals surface area contributed by atoms with Gasteiger partial charge in [-0.3, -0.25) is 4.90 Å². The van der Waals surface area contributed by atoms with Crippen LogP contribution >= 0.6 is 11.8 Å². The standard InChI is InChI=1S/C16H26N2OS/c1-2-10-19-15-6-4-14(5-7-15)16(13-17)18-8-3-11-20-12-9-18/h4-7,16H,2-3,8-13,17H2,1H3. The molecule has 0 aliphatic carbocycles. The normalized spacial score (nSPS) is 18.5. The molecule has 0 spiro atoms. The van der Waals surface area contributed by atoms with Gasteiger partial charge in [-0.25, -0.2) is 0 Å². The van der Waals surface area contributed by atoms with Crippen LogP contribution in [0, 0.1) is 0 Å². The zero-order chi connectivity index (χ0) is 14.2. The number of nitrogens with two attached hydrogens (primary N) is 1. The Balaban J connectivity index is 2.02. The summed E-state index contributed by atoms with van der Waals surface area (Å²) in [4.78, 5) is 2.53. The van der Waals surface area contributed by atoms with Crippen LogP contribution in [0.4, 0.5) is 0 Å². The highest BCUT2D eigenvalue weighted by Crippen LogP contribution is 2.24. The van der Waals surface area contributed by atoms with E-state index in [1.807, 2.05) is 0 Å². The zero-order valence-corrected chi connectivity index (χ0v) is 13.2. The summed E-state index contributed by atoms with van der Waals surface area (Å²) < 4.78 is 5.64. The Bertz CT molecular complexity index is 375. The highest BCUT2D eigenvalue weighted by Gasteiger charge is 2.20. The lowest BCUT2D eigenvalue weighted by molar-refractivity contribution is 0.218. The number of hydrogen-bond donors (Lipinski definition) is 1. The van der Waals surface area contributed by atoms with E-state index in [1.54, 1.807) is 0 Å². The van der Waals surface area contributed by atoms with Crippen LogP contribution in [-0.2, 0) is 0 Å². The SMILES string of the molecule is CCCOc1ccc(C(CN)N2CCCSCC2)cc1. The molecule has 0 saturated carbocycles. The third-order valence-electron chi connectivity index (χ3n) is 3.66. The van der Waals surface area contributed by atoms with Crippen LogP contribution in [0.5, 0.6) is 5.75 Å². The smallest absolute Gasteiger partial charge is 0.119 e. The highest BCUT2D eigenvalue weighted by molar-refractivity contribution is 7.99. The Morgan fingerprint density at radius 3 is 2.75 bits per heavy atom. The van der Waals surface area contributed by atoms with Crippen molar-refractivity contribution in [1.82, 2.24) is 4.90 Å². The molecule has 20 heavy (non-hydrogen) atoms. The van der Waals surface area contributed by atoms with Crippen LogP contribution < -0.4 is 10.5 Å². The molecule has 0 amide bonds. The molecule has 112 valence electrons. The third kappa shape index (κ3) is 4.40. The van der Waals surface area contributed by atoms with E-state index in [4.69, 9.17) is 10.5 Å².